The van der Waals surface area contributed by atoms with Crippen LogP contribution in [0.2, 0.25) is 0 Å². The maximum absolute atomic E-state index is 11.7. The normalized spacial score (nSPS) is 10.6. The molecule has 0 bridgehead atoms. The van der Waals surface area contributed by atoms with E-state index in [4.69, 9.17) is 0 Å². The monoisotopic (exact) mass is 291 g/mol. The molecule has 3 N–H and O–H groups in total. The highest BCUT2D eigenvalue weighted by Gasteiger charge is 2.17. The van der Waals surface area contributed by atoms with E-state index < -0.39 is 5.91 Å². The molecule has 106 valence electrons. The number of H-pyrrole nitrogens is 1. The minimum absolute atomic E-state index is 0.116. The van der Waals surface area contributed by atoms with Gasteiger partial charge in [-0.2, -0.15) is 0 Å². The third-order valence-electron chi connectivity index (χ3n) is 2.99. The van der Waals surface area contributed by atoms with Crippen LogP contribution in [0.25, 0.3) is 0 Å². The number of anilines is 2. The molecule has 1 aromatic carbocycles. The second-order valence-electron chi connectivity index (χ2n) is 4.72. The van der Waals surface area contributed by atoms with Crippen LogP contribution in [0.1, 0.15) is 35.7 Å². The van der Waals surface area contributed by atoms with Gasteiger partial charge in [0.1, 0.15) is 10.6 Å². The summed E-state index contributed by atoms with van der Waals surface area (Å²) in [5.41, 5.74) is 1.82. The standard InChI is InChI=1S/C14H17N3O2S/c1-8(2)9-4-6-10(7-5-9)16-14-11(12(18)15-3)13(19)17-20-14/h4-8,16H,1-3H3,(H,15,18)(H,17,19). The fraction of sp³-hybridized carbons (Fsp3) is 0.286. The smallest absolute Gasteiger partial charge is 0.273 e. The van der Waals surface area contributed by atoms with Crippen LogP contribution in [0.4, 0.5) is 10.7 Å². The molecule has 20 heavy (non-hydrogen) atoms. The topological polar surface area (TPSA) is 74.0 Å². The first-order valence-corrected chi connectivity index (χ1v) is 7.15. The Balaban J connectivity index is 2.26. The molecule has 2 aromatic rings. The zero-order valence-electron chi connectivity index (χ0n) is 11.6. The molecule has 0 unspecified atom stereocenters. The van der Waals surface area contributed by atoms with Crippen molar-refractivity contribution in [3.63, 3.8) is 0 Å². The maximum atomic E-state index is 11.7. The minimum atomic E-state index is -0.395. The first-order valence-electron chi connectivity index (χ1n) is 6.33. The lowest BCUT2D eigenvalue weighted by Crippen LogP contribution is -2.24. The largest absolute Gasteiger partial charge is 0.355 e. The van der Waals surface area contributed by atoms with Gasteiger partial charge in [-0.25, -0.2) is 0 Å². The van der Waals surface area contributed by atoms with Gasteiger partial charge in [0.15, 0.2) is 0 Å². The molecule has 0 saturated heterocycles. The van der Waals surface area contributed by atoms with E-state index in [2.05, 4.69) is 28.9 Å². The van der Waals surface area contributed by atoms with Crippen molar-refractivity contribution in [1.29, 1.82) is 0 Å². The molecule has 6 heteroatoms. The van der Waals surface area contributed by atoms with Crippen LogP contribution >= 0.6 is 11.5 Å². The Labute approximate surface area is 121 Å². The number of rotatable bonds is 4. The van der Waals surface area contributed by atoms with Crippen LogP contribution in [0.5, 0.6) is 0 Å². The average molecular weight is 291 g/mol. The van der Waals surface area contributed by atoms with Gasteiger partial charge >= 0.3 is 0 Å². The third kappa shape index (κ3) is 2.91. The van der Waals surface area contributed by atoms with Crippen LogP contribution in [0.3, 0.4) is 0 Å². The fourth-order valence-electron chi connectivity index (χ4n) is 1.80. The van der Waals surface area contributed by atoms with E-state index in [1.54, 1.807) is 0 Å². The average Bonchev–Trinajstić information content (AvgIpc) is 2.79. The Morgan fingerprint density at radius 1 is 1.25 bits per heavy atom. The zero-order chi connectivity index (χ0) is 14.7. The number of hydrogen-bond donors (Lipinski definition) is 3. The molecule has 1 heterocycles. The van der Waals surface area contributed by atoms with Crippen LogP contribution in [-0.2, 0) is 0 Å². The lowest BCUT2D eigenvalue weighted by molar-refractivity contribution is 0.0963. The Kier molecular flexibility index (Phi) is 4.24. The zero-order valence-corrected chi connectivity index (χ0v) is 12.4. The number of aromatic amines is 1. The Hall–Kier alpha value is -2.08. The second kappa shape index (κ2) is 5.92. The molecule has 0 radical (unpaired) electrons. The summed E-state index contributed by atoms with van der Waals surface area (Å²) in [4.78, 5) is 23.3. The van der Waals surface area contributed by atoms with Crippen LogP contribution in [0.15, 0.2) is 29.1 Å². The van der Waals surface area contributed by atoms with Crippen LogP contribution in [0, 0.1) is 0 Å². The number of carbonyl (C=O) groups excluding carboxylic acids is 1. The third-order valence-corrected chi connectivity index (χ3v) is 3.79. The summed E-state index contributed by atoms with van der Waals surface area (Å²) in [6, 6.07) is 7.93. The van der Waals surface area contributed by atoms with Crippen LogP contribution < -0.4 is 16.2 Å². The lowest BCUT2D eigenvalue weighted by atomic mass is 10.0. The predicted octanol–water partition coefficient (Wildman–Crippen LogP) is 2.66. The van der Waals surface area contributed by atoms with Gasteiger partial charge < -0.3 is 10.6 Å². The second-order valence-corrected chi connectivity index (χ2v) is 5.53. The van der Waals surface area contributed by atoms with E-state index in [0.29, 0.717) is 10.9 Å². The fourth-order valence-corrected chi connectivity index (χ4v) is 2.56. The summed E-state index contributed by atoms with van der Waals surface area (Å²) in [6.07, 6.45) is 0. The summed E-state index contributed by atoms with van der Waals surface area (Å²) >= 11 is 1.12. The molecule has 5 nitrogen and oxygen atoms in total. The number of hydrogen-bond acceptors (Lipinski definition) is 4. The van der Waals surface area contributed by atoms with E-state index in [1.165, 1.54) is 12.6 Å². The van der Waals surface area contributed by atoms with Gasteiger partial charge in [-0.3, -0.25) is 14.0 Å². The molecule has 0 spiro atoms. The van der Waals surface area contributed by atoms with E-state index in [1.807, 2.05) is 24.3 Å². The highest BCUT2D eigenvalue weighted by molar-refractivity contribution is 7.10. The summed E-state index contributed by atoms with van der Waals surface area (Å²) in [7, 11) is 1.50. The summed E-state index contributed by atoms with van der Waals surface area (Å²) in [6.45, 7) is 4.26. The Morgan fingerprint density at radius 2 is 1.90 bits per heavy atom. The molecule has 0 fully saturated rings. The highest BCUT2D eigenvalue weighted by Crippen LogP contribution is 2.24. The molecular weight excluding hydrogens is 274 g/mol. The number of benzene rings is 1. The highest BCUT2D eigenvalue weighted by atomic mass is 32.1. The van der Waals surface area contributed by atoms with Crippen LogP contribution in [-0.4, -0.2) is 17.3 Å². The lowest BCUT2D eigenvalue weighted by Gasteiger charge is -2.08. The van der Waals surface area contributed by atoms with Crippen molar-refractivity contribution in [3.05, 3.63) is 45.7 Å². The van der Waals surface area contributed by atoms with Gasteiger partial charge in [-0.1, -0.05) is 26.0 Å². The molecule has 0 aliphatic carbocycles. The predicted molar refractivity (Wildman–Crippen MR) is 82.1 cm³/mol. The van der Waals surface area contributed by atoms with Gasteiger partial charge in [0.25, 0.3) is 11.5 Å². The van der Waals surface area contributed by atoms with Crippen molar-refractivity contribution in [2.75, 3.05) is 12.4 Å². The molecule has 0 aliphatic rings. The van der Waals surface area contributed by atoms with Crippen molar-refractivity contribution in [1.82, 2.24) is 9.69 Å². The van der Waals surface area contributed by atoms with Gasteiger partial charge in [0, 0.05) is 12.7 Å². The number of carbonyl (C=O) groups is 1. The molecule has 0 atom stereocenters. The Morgan fingerprint density at radius 3 is 2.45 bits per heavy atom. The molecule has 2 rings (SSSR count). The molecular formula is C14H17N3O2S. The van der Waals surface area contributed by atoms with Gasteiger partial charge in [0.05, 0.1) is 0 Å². The van der Waals surface area contributed by atoms with E-state index in [9.17, 15) is 9.59 Å². The maximum Gasteiger partial charge on any atom is 0.273 e. The summed E-state index contributed by atoms with van der Waals surface area (Å²) in [5.74, 6) is 0.0718. The number of nitrogens with one attached hydrogen (secondary N) is 3. The van der Waals surface area contributed by atoms with Gasteiger partial charge in [0.2, 0.25) is 0 Å². The first kappa shape index (κ1) is 14.3. The van der Waals surface area contributed by atoms with E-state index in [0.717, 1.165) is 17.2 Å². The van der Waals surface area contributed by atoms with Gasteiger partial charge in [-0.05, 0) is 35.1 Å². The van der Waals surface area contributed by atoms with Crippen molar-refractivity contribution in [2.45, 2.75) is 19.8 Å². The first-order chi connectivity index (χ1) is 9.52. The van der Waals surface area contributed by atoms with Gasteiger partial charge in [-0.15, -0.1) is 0 Å². The van der Waals surface area contributed by atoms with E-state index >= 15 is 0 Å². The SMILES string of the molecule is CNC(=O)c1c(Nc2ccc(C(C)C)cc2)s[nH]c1=O. The molecule has 1 aromatic heterocycles. The molecule has 1 amide bonds. The Bertz CT molecular complexity index is 656. The quantitative estimate of drug-likeness (QED) is 0.810. The summed E-state index contributed by atoms with van der Waals surface area (Å²) in [5, 5.41) is 6.09. The van der Waals surface area contributed by atoms with E-state index in [-0.39, 0.29) is 11.1 Å². The minimum Gasteiger partial charge on any atom is -0.355 e. The number of amides is 1. The van der Waals surface area contributed by atoms with Crippen molar-refractivity contribution >= 4 is 28.1 Å². The number of aromatic nitrogens is 1. The molecule has 0 aliphatic heterocycles. The van der Waals surface area contributed by atoms with Crippen molar-refractivity contribution in [3.8, 4) is 0 Å². The summed E-state index contributed by atoms with van der Waals surface area (Å²) < 4.78 is 2.57. The molecule has 0 saturated carbocycles. The van der Waals surface area contributed by atoms with Crippen molar-refractivity contribution < 1.29 is 4.79 Å². The van der Waals surface area contributed by atoms with Crippen molar-refractivity contribution in [2.24, 2.45) is 0 Å².